The van der Waals surface area contributed by atoms with Crippen LogP contribution in [0.5, 0.6) is 0 Å². The molecule has 0 aliphatic carbocycles. The van der Waals surface area contributed by atoms with Crippen LogP contribution in [-0.4, -0.2) is 45.0 Å². The molecule has 6 heteroatoms. The molecule has 3 N–H and O–H groups in total. The molecule has 0 atom stereocenters. The summed E-state index contributed by atoms with van der Waals surface area (Å²) in [6.45, 7) is 11.6. The number of nitrogens with one attached hydrogen (secondary N) is 3. The third kappa shape index (κ3) is 5.71. The molecule has 6 nitrogen and oxygen atoms in total. The smallest absolute Gasteiger partial charge is 0.132 e. The molecule has 0 aromatic heterocycles. The van der Waals surface area contributed by atoms with E-state index >= 15 is 0 Å². The Morgan fingerprint density at radius 3 is 2.45 bits per heavy atom. The molecule has 0 saturated carbocycles. The highest BCUT2D eigenvalue weighted by molar-refractivity contribution is 6.06. The largest absolute Gasteiger partial charge is 0.414 e. The van der Waals surface area contributed by atoms with Crippen molar-refractivity contribution >= 4 is 12.4 Å². The van der Waals surface area contributed by atoms with Crippen molar-refractivity contribution in [1.82, 2.24) is 15.7 Å². The highest BCUT2D eigenvalue weighted by atomic mass is 16.6. The van der Waals surface area contributed by atoms with Crippen molar-refractivity contribution in [1.29, 1.82) is 5.41 Å². The van der Waals surface area contributed by atoms with Crippen LogP contribution in [0.4, 0.5) is 0 Å². The zero-order chi connectivity index (χ0) is 15.7. The summed E-state index contributed by atoms with van der Waals surface area (Å²) < 4.78 is 0. The summed E-state index contributed by atoms with van der Waals surface area (Å²) in [4.78, 5) is 11.0. The molecule has 0 radical (unpaired) electrons. The number of hydroxylamine groups is 1. The number of allylic oxidation sites excluding steroid dienone is 3. The van der Waals surface area contributed by atoms with Gasteiger partial charge in [-0.15, -0.1) is 0 Å². The van der Waals surface area contributed by atoms with Gasteiger partial charge >= 0.3 is 0 Å². The van der Waals surface area contributed by atoms with Gasteiger partial charge in [-0.3, -0.25) is 0 Å². The Balaban J connectivity index is 5.15. The fourth-order valence-electron chi connectivity index (χ4n) is 1.59. The van der Waals surface area contributed by atoms with Gasteiger partial charge in [-0.1, -0.05) is 6.58 Å². The molecule has 0 amide bonds. The van der Waals surface area contributed by atoms with Crippen LogP contribution < -0.4 is 10.8 Å². The average Bonchev–Trinajstić information content (AvgIpc) is 2.39. The number of rotatable bonds is 9. The summed E-state index contributed by atoms with van der Waals surface area (Å²) in [6, 6.07) is 0. The Kier molecular flexibility index (Phi) is 8.00. The Morgan fingerprint density at radius 2 is 2.00 bits per heavy atom. The minimum absolute atomic E-state index is 0.321. The Morgan fingerprint density at radius 1 is 1.40 bits per heavy atom. The van der Waals surface area contributed by atoms with E-state index in [9.17, 15) is 0 Å². The maximum Gasteiger partial charge on any atom is 0.132 e. The van der Waals surface area contributed by atoms with Crippen molar-refractivity contribution in [2.45, 2.75) is 13.8 Å². The van der Waals surface area contributed by atoms with Crippen LogP contribution >= 0.6 is 0 Å². The zero-order valence-corrected chi connectivity index (χ0v) is 13.0. The molecule has 0 spiro atoms. The first kappa shape index (κ1) is 17.9. The van der Waals surface area contributed by atoms with Gasteiger partial charge in [0, 0.05) is 38.5 Å². The van der Waals surface area contributed by atoms with Crippen LogP contribution in [0.25, 0.3) is 0 Å². The number of hydrogen-bond donors (Lipinski definition) is 3. The second-order valence-electron chi connectivity index (χ2n) is 4.29. The first-order chi connectivity index (χ1) is 9.37. The first-order valence-corrected chi connectivity index (χ1v) is 6.22. The van der Waals surface area contributed by atoms with Gasteiger partial charge in [-0.25, -0.2) is 4.99 Å². The van der Waals surface area contributed by atoms with Gasteiger partial charge in [0.15, 0.2) is 0 Å². The molecule has 0 aliphatic rings. The van der Waals surface area contributed by atoms with Crippen molar-refractivity contribution in [3.63, 3.8) is 0 Å². The fraction of sp³-hybridized carbons (Fsp3) is 0.429. The van der Waals surface area contributed by atoms with Gasteiger partial charge in [-0.05, 0) is 20.6 Å². The zero-order valence-electron chi connectivity index (χ0n) is 13.0. The van der Waals surface area contributed by atoms with Gasteiger partial charge < -0.3 is 20.5 Å². The summed E-state index contributed by atoms with van der Waals surface area (Å²) in [5, 5.41) is 11.0. The van der Waals surface area contributed by atoms with Crippen LogP contribution in [0.3, 0.4) is 0 Å². The van der Waals surface area contributed by atoms with Gasteiger partial charge in [0.25, 0.3) is 0 Å². The predicted octanol–water partition coefficient (Wildman–Crippen LogP) is 1.66. The van der Waals surface area contributed by atoms with Crippen molar-refractivity contribution in [3.8, 4) is 0 Å². The average molecular weight is 279 g/mol. The van der Waals surface area contributed by atoms with Crippen molar-refractivity contribution in [3.05, 3.63) is 35.5 Å². The Hall–Kier alpha value is -2.08. The van der Waals surface area contributed by atoms with E-state index in [4.69, 9.17) is 10.2 Å². The lowest BCUT2D eigenvalue weighted by molar-refractivity contribution is 0.128. The molecule has 0 aromatic carbocycles. The minimum atomic E-state index is 0.321. The molecule has 0 fully saturated rings. The number of nitrogens with zero attached hydrogens (tertiary/aromatic N) is 2. The number of likely N-dealkylation sites (N-methyl/N-ethyl adjacent to an activating group) is 2. The lowest BCUT2D eigenvalue weighted by Gasteiger charge is -2.22. The molecule has 0 unspecified atom stereocenters. The Labute approximate surface area is 121 Å². The lowest BCUT2D eigenvalue weighted by Crippen LogP contribution is -2.25. The van der Waals surface area contributed by atoms with Crippen molar-refractivity contribution < 1.29 is 4.84 Å². The van der Waals surface area contributed by atoms with E-state index in [-0.39, 0.29) is 0 Å². The normalized spacial score (nSPS) is 12.3. The van der Waals surface area contributed by atoms with Crippen LogP contribution in [0, 0.1) is 5.41 Å². The third-order valence-electron chi connectivity index (χ3n) is 2.64. The standard InChI is InChI=1S/C14H25N5O/c1-10(16-4)9-19(7)14(17-5)12(3)13(15)8-11(2)20-18-6/h8,15-16,18H,1,5,9H2,2-4,6-7H3/b11-8+,14-12+,15-13?. The molecule has 20 heavy (non-hydrogen) atoms. The van der Waals surface area contributed by atoms with Gasteiger partial charge in [-0.2, -0.15) is 5.48 Å². The SMILES string of the molecule is C=N/C(=C(/C)C(=N)/C=C(\C)ONC)N(C)CC(=C)NC. The van der Waals surface area contributed by atoms with E-state index in [0.29, 0.717) is 29.4 Å². The second-order valence-corrected chi connectivity index (χ2v) is 4.29. The highest BCUT2D eigenvalue weighted by Crippen LogP contribution is 2.13. The van der Waals surface area contributed by atoms with E-state index in [1.165, 1.54) is 0 Å². The fourth-order valence-corrected chi connectivity index (χ4v) is 1.59. The van der Waals surface area contributed by atoms with E-state index in [0.717, 1.165) is 5.70 Å². The molecule has 0 saturated heterocycles. The van der Waals surface area contributed by atoms with E-state index in [1.807, 2.05) is 25.9 Å². The predicted molar refractivity (Wildman–Crippen MR) is 84.7 cm³/mol. The van der Waals surface area contributed by atoms with Crippen LogP contribution in [0.15, 0.2) is 40.5 Å². The molecular weight excluding hydrogens is 254 g/mol. The van der Waals surface area contributed by atoms with E-state index < -0.39 is 0 Å². The molecule has 0 heterocycles. The molecule has 0 aliphatic heterocycles. The quantitative estimate of drug-likeness (QED) is 0.341. The van der Waals surface area contributed by atoms with Crippen LogP contribution in [0.1, 0.15) is 13.8 Å². The monoisotopic (exact) mass is 279 g/mol. The summed E-state index contributed by atoms with van der Waals surface area (Å²) in [7, 11) is 5.36. The highest BCUT2D eigenvalue weighted by Gasteiger charge is 2.11. The topological polar surface area (TPSA) is 72.7 Å². The second kappa shape index (κ2) is 8.92. The molecule has 0 aromatic rings. The molecule has 112 valence electrons. The summed E-state index contributed by atoms with van der Waals surface area (Å²) in [5.74, 6) is 1.24. The van der Waals surface area contributed by atoms with E-state index in [1.54, 1.807) is 20.0 Å². The van der Waals surface area contributed by atoms with Crippen LogP contribution in [-0.2, 0) is 4.84 Å². The third-order valence-corrected chi connectivity index (χ3v) is 2.64. The van der Waals surface area contributed by atoms with Crippen LogP contribution in [0.2, 0.25) is 0 Å². The Bertz CT molecular complexity index is 437. The van der Waals surface area contributed by atoms with Gasteiger partial charge in [0.2, 0.25) is 0 Å². The van der Waals surface area contributed by atoms with Crippen molar-refractivity contribution in [2.24, 2.45) is 4.99 Å². The summed E-state index contributed by atoms with van der Waals surface area (Å²) in [5.41, 5.74) is 4.46. The van der Waals surface area contributed by atoms with E-state index in [2.05, 4.69) is 29.1 Å². The molecule has 0 rings (SSSR count). The summed E-state index contributed by atoms with van der Waals surface area (Å²) >= 11 is 0. The first-order valence-electron chi connectivity index (χ1n) is 6.22. The molecule has 0 bridgehead atoms. The number of aliphatic imine (C=N–C) groups is 1. The van der Waals surface area contributed by atoms with Gasteiger partial charge in [0.05, 0.1) is 12.3 Å². The maximum atomic E-state index is 8.06. The van der Waals surface area contributed by atoms with Gasteiger partial charge in [0.1, 0.15) is 11.6 Å². The molecular formula is C14H25N5O. The number of hydrogen-bond acceptors (Lipinski definition) is 6. The van der Waals surface area contributed by atoms with Crippen molar-refractivity contribution in [2.75, 3.05) is 27.7 Å². The minimum Gasteiger partial charge on any atom is -0.414 e. The lowest BCUT2D eigenvalue weighted by atomic mass is 10.1. The summed E-state index contributed by atoms with van der Waals surface area (Å²) in [6.07, 6.45) is 1.62. The maximum absolute atomic E-state index is 8.06.